The molecule has 4 aromatic rings. The molecular weight excluding hydrogens is 433 g/mol. The molecule has 0 aliphatic rings. The molecule has 3 N–H and O–H groups in total. The number of esters is 1. The van der Waals surface area contributed by atoms with E-state index in [9.17, 15) is 14.0 Å². The van der Waals surface area contributed by atoms with E-state index in [0.717, 1.165) is 16.3 Å². The zero-order valence-electron chi connectivity index (χ0n) is 18.4. The number of fused-ring (bicyclic) bond motifs is 1. The van der Waals surface area contributed by atoms with Gasteiger partial charge in [-0.25, -0.2) is 4.39 Å². The van der Waals surface area contributed by atoms with Crippen molar-refractivity contribution in [2.45, 2.75) is 18.9 Å². The number of benzene rings is 3. The standard InChI is InChI=1S/C27H24FN3O3/c28-25-14-20(6-7-22(25)17-34-26(32)12-18-4-2-1-3-5-18)24(15-29)27(33)31-23-9-8-21-16-30-11-10-19(21)13-23/h1-11,13-14,16,24H,12,15,17,29H2,(H,31,33). The Balaban J connectivity index is 1.40. The Bertz CT molecular complexity index is 1310. The number of hydrogen-bond acceptors (Lipinski definition) is 5. The molecule has 3 aromatic carbocycles. The Hall–Kier alpha value is -4.10. The molecule has 0 fully saturated rings. The van der Waals surface area contributed by atoms with Crippen molar-refractivity contribution in [3.8, 4) is 0 Å². The summed E-state index contributed by atoms with van der Waals surface area (Å²) < 4.78 is 19.9. The van der Waals surface area contributed by atoms with Gasteiger partial charge in [-0.05, 0) is 40.8 Å². The molecule has 1 amide bonds. The van der Waals surface area contributed by atoms with Crippen molar-refractivity contribution in [1.82, 2.24) is 4.98 Å². The lowest BCUT2D eigenvalue weighted by atomic mass is 9.96. The lowest BCUT2D eigenvalue weighted by Crippen LogP contribution is -2.27. The number of carbonyl (C=O) groups excluding carboxylic acids is 2. The molecule has 172 valence electrons. The lowest BCUT2D eigenvalue weighted by molar-refractivity contribution is -0.144. The van der Waals surface area contributed by atoms with Gasteiger partial charge < -0.3 is 15.8 Å². The predicted molar refractivity (Wildman–Crippen MR) is 129 cm³/mol. The van der Waals surface area contributed by atoms with Crippen LogP contribution in [0.25, 0.3) is 10.8 Å². The van der Waals surface area contributed by atoms with Gasteiger partial charge in [-0.3, -0.25) is 14.6 Å². The number of hydrogen-bond donors (Lipinski definition) is 2. The highest BCUT2D eigenvalue weighted by atomic mass is 19.1. The van der Waals surface area contributed by atoms with Crippen LogP contribution in [0.15, 0.2) is 85.2 Å². The van der Waals surface area contributed by atoms with Crippen LogP contribution in [0.3, 0.4) is 0 Å². The highest BCUT2D eigenvalue weighted by molar-refractivity contribution is 5.98. The third-order valence-corrected chi connectivity index (χ3v) is 5.52. The lowest BCUT2D eigenvalue weighted by Gasteiger charge is -2.17. The van der Waals surface area contributed by atoms with E-state index < -0.39 is 17.7 Å². The minimum atomic E-state index is -0.739. The number of nitrogens with zero attached hydrogens (tertiary/aromatic N) is 1. The molecule has 1 aromatic heterocycles. The zero-order chi connectivity index (χ0) is 23.9. The summed E-state index contributed by atoms with van der Waals surface area (Å²) in [6.07, 6.45) is 3.54. The Morgan fingerprint density at radius 3 is 2.59 bits per heavy atom. The van der Waals surface area contributed by atoms with Crippen LogP contribution in [-0.4, -0.2) is 23.4 Å². The molecule has 0 spiro atoms. The van der Waals surface area contributed by atoms with Crippen LogP contribution in [0.1, 0.15) is 22.6 Å². The number of anilines is 1. The fourth-order valence-corrected chi connectivity index (χ4v) is 3.65. The third kappa shape index (κ3) is 5.63. The van der Waals surface area contributed by atoms with E-state index in [0.29, 0.717) is 11.3 Å². The van der Waals surface area contributed by atoms with E-state index in [1.807, 2.05) is 48.5 Å². The first-order valence-corrected chi connectivity index (χ1v) is 10.9. The maximum atomic E-state index is 14.7. The number of aromatic nitrogens is 1. The maximum absolute atomic E-state index is 14.7. The topological polar surface area (TPSA) is 94.3 Å². The molecule has 34 heavy (non-hydrogen) atoms. The van der Waals surface area contributed by atoms with Gasteiger partial charge in [-0.15, -0.1) is 0 Å². The van der Waals surface area contributed by atoms with E-state index in [2.05, 4.69) is 10.3 Å². The SMILES string of the molecule is NCC(C(=O)Nc1ccc2cnccc2c1)c1ccc(COC(=O)Cc2ccccc2)c(F)c1. The van der Waals surface area contributed by atoms with Crippen LogP contribution in [0.5, 0.6) is 0 Å². The molecule has 0 radical (unpaired) electrons. The fraction of sp³-hybridized carbons (Fsp3) is 0.148. The number of pyridine rings is 1. The monoisotopic (exact) mass is 457 g/mol. The molecule has 1 heterocycles. The van der Waals surface area contributed by atoms with Crippen molar-refractivity contribution in [3.63, 3.8) is 0 Å². The number of ether oxygens (including phenoxy) is 1. The highest BCUT2D eigenvalue weighted by Crippen LogP contribution is 2.23. The second-order valence-electron chi connectivity index (χ2n) is 7.89. The largest absolute Gasteiger partial charge is 0.460 e. The summed E-state index contributed by atoms with van der Waals surface area (Å²) in [4.78, 5) is 29.0. The third-order valence-electron chi connectivity index (χ3n) is 5.52. The molecule has 0 saturated carbocycles. The van der Waals surface area contributed by atoms with Crippen molar-refractivity contribution >= 4 is 28.3 Å². The molecular formula is C27H24FN3O3. The summed E-state index contributed by atoms with van der Waals surface area (Å²) in [7, 11) is 0. The fourth-order valence-electron chi connectivity index (χ4n) is 3.65. The first kappa shape index (κ1) is 23.1. The first-order chi connectivity index (χ1) is 16.5. The quantitative estimate of drug-likeness (QED) is 0.384. The Morgan fingerprint density at radius 1 is 1.00 bits per heavy atom. The van der Waals surface area contributed by atoms with Crippen molar-refractivity contribution in [2.75, 3.05) is 11.9 Å². The number of nitrogens with two attached hydrogens (primary N) is 1. The normalized spacial score (nSPS) is 11.7. The van der Waals surface area contributed by atoms with E-state index >= 15 is 0 Å². The Labute approximate surface area is 196 Å². The number of carbonyl (C=O) groups is 2. The van der Waals surface area contributed by atoms with Gasteiger partial charge in [0.1, 0.15) is 12.4 Å². The average molecular weight is 458 g/mol. The number of nitrogens with one attached hydrogen (secondary N) is 1. The van der Waals surface area contributed by atoms with Crippen LogP contribution in [0, 0.1) is 5.82 Å². The zero-order valence-corrected chi connectivity index (χ0v) is 18.4. The highest BCUT2D eigenvalue weighted by Gasteiger charge is 2.21. The summed E-state index contributed by atoms with van der Waals surface area (Å²) >= 11 is 0. The van der Waals surface area contributed by atoms with Gasteiger partial charge in [0.15, 0.2) is 0 Å². The second kappa shape index (κ2) is 10.7. The van der Waals surface area contributed by atoms with Crippen LogP contribution in [0.2, 0.25) is 0 Å². The molecule has 6 nitrogen and oxygen atoms in total. The molecule has 4 rings (SSSR count). The molecule has 0 saturated heterocycles. The average Bonchev–Trinajstić information content (AvgIpc) is 2.84. The van der Waals surface area contributed by atoms with Crippen LogP contribution >= 0.6 is 0 Å². The molecule has 1 atom stereocenters. The van der Waals surface area contributed by atoms with E-state index in [1.54, 1.807) is 24.5 Å². The molecule has 0 bridgehead atoms. The van der Waals surface area contributed by atoms with Gasteiger partial charge >= 0.3 is 5.97 Å². The van der Waals surface area contributed by atoms with Gasteiger partial charge in [0.05, 0.1) is 12.3 Å². The Kier molecular flexibility index (Phi) is 7.25. The van der Waals surface area contributed by atoms with Crippen LogP contribution in [0.4, 0.5) is 10.1 Å². The number of rotatable bonds is 8. The minimum Gasteiger partial charge on any atom is -0.460 e. The number of amides is 1. The summed E-state index contributed by atoms with van der Waals surface area (Å²) in [6, 6.07) is 20.9. The summed E-state index contributed by atoms with van der Waals surface area (Å²) in [5.41, 5.74) is 7.96. The van der Waals surface area contributed by atoms with Gasteiger partial charge in [0, 0.05) is 35.6 Å². The van der Waals surface area contributed by atoms with Crippen molar-refractivity contribution < 1.29 is 18.7 Å². The summed E-state index contributed by atoms with van der Waals surface area (Å²) in [5, 5.41) is 4.75. The van der Waals surface area contributed by atoms with Gasteiger partial charge in [-0.2, -0.15) is 0 Å². The van der Waals surface area contributed by atoms with Gasteiger partial charge in [0.25, 0.3) is 0 Å². The van der Waals surface area contributed by atoms with Gasteiger partial charge in [-0.1, -0.05) is 48.5 Å². The minimum absolute atomic E-state index is 0.00812. The smallest absolute Gasteiger partial charge is 0.310 e. The van der Waals surface area contributed by atoms with Crippen molar-refractivity contribution in [1.29, 1.82) is 0 Å². The maximum Gasteiger partial charge on any atom is 0.310 e. The van der Waals surface area contributed by atoms with E-state index in [4.69, 9.17) is 10.5 Å². The van der Waals surface area contributed by atoms with Crippen molar-refractivity contribution in [3.05, 3.63) is 108 Å². The number of halogens is 1. The predicted octanol–water partition coefficient (Wildman–Crippen LogP) is 4.34. The van der Waals surface area contributed by atoms with Gasteiger partial charge in [0.2, 0.25) is 5.91 Å². The molecule has 0 aliphatic heterocycles. The van der Waals surface area contributed by atoms with Crippen LogP contribution in [-0.2, 0) is 27.4 Å². The van der Waals surface area contributed by atoms with Crippen LogP contribution < -0.4 is 11.1 Å². The van der Waals surface area contributed by atoms with Crippen molar-refractivity contribution in [2.24, 2.45) is 5.73 Å². The molecule has 7 heteroatoms. The summed E-state index contributed by atoms with van der Waals surface area (Å²) in [5.74, 6) is -2.08. The van der Waals surface area contributed by atoms with E-state index in [1.165, 1.54) is 12.1 Å². The summed E-state index contributed by atoms with van der Waals surface area (Å²) in [6.45, 7) is -0.183. The first-order valence-electron chi connectivity index (χ1n) is 10.9. The second-order valence-corrected chi connectivity index (χ2v) is 7.89. The molecule has 1 unspecified atom stereocenters. The Morgan fingerprint density at radius 2 is 1.82 bits per heavy atom. The van der Waals surface area contributed by atoms with E-state index in [-0.39, 0.29) is 31.0 Å². The molecule has 0 aliphatic carbocycles.